The van der Waals surface area contributed by atoms with E-state index in [9.17, 15) is 4.79 Å². The summed E-state index contributed by atoms with van der Waals surface area (Å²) in [7, 11) is 1.54. The number of methoxy groups -OCH3 is 1. The summed E-state index contributed by atoms with van der Waals surface area (Å²) >= 11 is 0. The Morgan fingerprint density at radius 3 is 2.57 bits per heavy atom. The van der Waals surface area contributed by atoms with Crippen LogP contribution in [-0.2, 0) is 4.79 Å². The van der Waals surface area contributed by atoms with Crippen LogP contribution in [0.5, 0.6) is 5.75 Å². The van der Waals surface area contributed by atoms with Crippen molar-refractivity contribution < 1.29 is 9.53 Å². The number of aromatic nitrogens is 1. The highest BCUT2D eigenvalue weighted by Crippen LogP contribution is 2.22. The van der Waals surface area contributed by atoms with Crippen molar-refractivity contribution in [3.8, 4) is 5.75 Å². The van der Waals surface area contributed by atoms with Crippen molar-refractivity contribution in [2.24, 2.45) is 0 Å². The van der Waals surface area contributed by atoms with Gasteiger partial charge in [0.1, 0.15) is 5.75 Å². The van der Waals surface area contributed by atoms with E-state index >= 15 is 0 Å². The number of hydrogen-bond acceptors (Lipinski definition) is 5. The molecule has 1 heterocycles. The lowest BCUT2D eigenvalue weighted by molar-refractivity contribution is -0.114. The Morgan fingerprint density at radius 1 is 1.26 bits per heavy atom. The fourth-order valence-corrected chi connectivity index (χ4v) is 1.88. The molecule has 2 rings (SSSR count). The molecule has 0 unspecified atom stereocenters. The van der Waals surface area contributed by atoms with Gasteiger partial charge in [-0.2, -0.15) is 0 Å². The molecule has 0 fully saturated rings. The molecule has 1 aromatic heterocycles. The molecule has 23 heavy (non-hydrogen) atoms. The molecule has 0 saturated carbocycles. The molecule has 6 heteroatoms. The van der Waals surface area contributed by atoms with E-state index in [4.69, 9.17) is 15.9 Å². The molecule has 6 nitrogen and oxygen atoms in total. The van der Waals surface area contributed by atoms with Crippen LogP contribution in [0, 0.1) is 5.41 Å². The number of benzene rings is 1. The van der Waals surface area contributed by atoms with Gasteiger partial charge in [0, 0.05) is 35.6 Å². The number of nitrogen functional groups attached to an aromatic ring is 1. The number of pyridine rings is 1. The van der Waals surface area contributed by atoms with E-state index in [1.54, 1.807) is 36.7 Å². The number of anilines is 2. The number of nitrogens with one attached hydrogen (secondary N) is 2. The monoisotopic (exact) mass is 314 g/mol. The number of nitrogens with two attached hydrogens (primary N) is 1. The predicted molar refractivity (Wildman–Crippen MR) is 93.2 cm³/mol. The fourth-order valence-electron chi connectivity index (χ4n) is 1.88. The molecular formula is C17H22N4O2. The minimum atomic E-state index is -0.180. The van der Waals surface area contributed by atoms with Crippen molar-refractivity contribution in [1.82, 2.24) is 4.98 Å². The van der Waals surface area contributed by atoms with E-state index in [-0.39, 0.29) is 11.6 Å². The maximum Gasteiger partial charge on any atom is 0.221 e. The van der Waals surface area contributed by atoms with E-state index in [2.05, 4.69) is 10.3 Å². The second-order valence-electron chi connectivity index (χ2n) is 4.47. The highest BCUT2D eigenvalue weighted by Gasteiger charge is 2.11. The van der Waals surface area contributed by atoms with Crippen LogP contribution in [0.1, 0.15) is 31.9 Å². The average molecular weight is 314 g/mol. The van der Waals surface area contributed by atoms with Gasteiger partial charge in [0.25, 0.3) is 0 Å². The molecule has 0 aliphatic heterocycles. The normalized spacial score (nSPS) is 9.39. The van der Waals surface area contributed by atoms with Crippen molar-refractivity contribution in [3.63, 3.8) is 0 Å². The molecule has 1 amide bonds. The van der Waals surface area contributed by atoms with E-state index in [0.717, 1.165) is 0 Å². The number of amides is 1. The maximum atomic E-state index is 11.1. The van der Waals surface area contributed by atoms with Gasteiger partial charge in [0.15, 0.2) is 0 Å². The summed E-state index contributed by atoms with van der Waals surface area (Å²) in [5.74, 6) is 0.383. The number of nitrogens with zero attached hydrogens (tertiary/aromatic N) is 1. The quantitative estimate of drug-likeness (QED) is 0.596. The molecule has 0 bridgehead atoms. The Labute approximate surface area is 136 Å². The first-order valence-corrected chi connectivity index (χ1v) is 7.26. The fraction of sp³-hybridized carbons (Fsp3) is 0.235. The Hall–Kier alpha value is -2.89. The van der Waals surface area contributed by atoms with E-state index in [1.807, 2.05) is 13.8 Å². The van der Waals surface area contributed by atoms with Gasteiger partial charge >= 0.3 is 0 Å². The average Bonchev–Trinajstić information content (AvgIpc) is 2.57. The van der Waals surface area contributed by atoms with Gasteiger partial charge in [-0.05, 0) is 24.3 Å². The Kier molecular flexibility index (Phi) is 6.73. The van der Waals surface area contributed by atoms with Crippen molar-refractivity contribution in [1.29, 1.82) is 5.41 Å². The van der Waals surface area contributed by atoms with Crippen LogP contribution in [0.25, 0.3) is 0 Å². The van der Waals surface area contributed by atoms with Gasteiger partial charge in [0.2, 0.25) is 5.91 Å². The first kappa shape index (κ1) is 18.2. The standard InChI is InChI=1S/C15H16N4O2.C2H6/c1-9(20)19-11-3-4-14(16)13(6-11)15(17)10-5-12(21-2)8-18-7-10;1-2/h3-8,17H,16H2,1-2H3,(H,19,20);1-2H3. The second kappa shape index (κ2) is 8.53. The highest BCUT2D eigenvalue weighted by atomic mass is 16.5. The first-order valence-electron chi connectivity index (χ1n) is 7.26. The summed E-state index contributed by atoms with van der Waals surface area (Å²) in [4.78, 5) is 15.1. The second-order valence-corrected chi connectivity index (χ2v) is 4.47. The minimum Gasteiger partial charge on any atom is -0.495 e. The van der Waals surface area contributed by atoms with Crippen LogP contribution >= 0.6 is 0 Å². The number of carbonyl (C=O) groups is 1. The summed E-state index contributed by atoms with van der Waals surface area (Å²) in [6.07, 6.45) is 3.13. The summed E-state index contributed by atoms with van der Waals surface area (Å²) in [6.45, 7) is 5.42. The molecule has 0 atom stereocenters. The lowest BCUT2D eigenvalue weighted by Gasteiger charge is -2.11. The van der Waals surface area contributed by atoms with Gasteiger partial charge < -0.3 is 15.8 Å². The van der Waals surface area contributed by atoms with E-state index < -0.39 is 0 Å². The van der Waals surface area contributed by atoms with Crippen LogP contribution in [0.15, 0.2) is 36.7 Å². The van der Waals surface area contributed by atoms with Gasteiger partial charge in [-0.15, -0.1) is 0 Å². The Bertz CT molecular complexity index is 699. The zero-order valence-electron chi connectivity index (χ0n) is 13.8. The van der Waals surface area contributed by atoms with Crippen LogP contribution in [0.4, 0.5) is 11.4 Å². The molecule has 0 spiro atoms. The summed E-state index contributed by atoms with van der Waals surface area (Å²) in [5, 5.41) is 10.9. The van der Waals surface area contributed by atoms with E-state index in [0.29, 0.717) is 28.3 Å². The van der Waals surface area contributed by atoms with Gasteiger partial charge in [-0.25, -0.2) is 0 Å². The molecule has 4 N–H and O–H groups in total. The van der Waals surface area contributed by atoms with Crippen molar-refractivity contribution in [3.05, 3.63) is 47.8 Å². The molecular weight excluding hydrogens is 292 g/mol. The summed E-state index contributed by atoms with van der Waals surface area (Å²) in [6, 6.07) is 6.72. The third-order valence-electron chi connectivity index (χ3n) is 2.88. The SMILES string of the molecule is CC.COc1cncc(C(=N)c2cc(NC(C)=O)ccc2N)c1. The Balaban J connectivity index is 0.00000127. The maximum absolute atomic E-state index is 11.1. The molecule has 0 radical (unpaired) electrons. The van der Waals surface area contributed by atoms with Gasteiger partial charge in [-0.1, -0.05) is 13.8 Å². The molecule has 0 aliphatic rings. The number of hydrogen-bond donors (Lipinski definition) is 3. The first-order chi connectivity index (χ1) is 11.0. The zero-order chi connectivity index (χ0) is 17.4. The van der Waals surface area contributed by atoms with Crippen molar-refractivity contribution >= 4 is 23.0 Å². The third-order valence-corrected chi connectivity index (χ3v) is 2.88. The van der Waals surface area contributed by atoms with Crippen LogP contribution in [-0.4, -0.2) is 23.7 Å². The largest absolute Gasteiger partial charge is 0.495 e. The molecule has 122 valence electrons. The van der Waals surface area contributed by atoms with Gasteiger partial charge in [-0.3, -0.25) is 15.2 Å². The van der Waals surface area contributed by atoms with Gasteiger partial charge in [0.05, 0.1) is 19.0 Å². The number of rotatable bonds is 4. The molecule has 1 aromatic carbocycles. The van der Waals surface area contributed by atoms with Crippen LogP contribution in [0.2, 0.25) is 0 Å². The van der Waals surface area contributed by atoms with Crippen LogP contribution in [0.3, 0.4) is 0 Å². The summed E-state index contributed by atoms with van der Waals surface area (Å²) < 4.78 is 5.10. The van der Waals surface area contributed by atoms with E-state index in [1.165, 1.54) is 14.0 Å². The zero-order valence-corrected chi connectivity index (χ0v) is 13.8. The third kappa shape index (κ3) is 4.81. The summed E-state index contributed by atoms with van der Waals surface area (Å²) in [5.41, 5.74) is 8.29. The van der Waals surface area contributed by atoms with Crippen molar-refractivity contribution in [2.45, 2.75) is 20.8 Å². The highest BCUT2D eigenvalue weighted by molar-refractivity contribution is 6.14. The number of carbonyl (C=O) groups excluding carboxylic acids is 1. The van der Waals surface area contributed by atoms with Crippen molar-refractivity contribution in [2.75, 3.05) is 18.2 Å². The predicted octanol–water partition coefficient (Wildman–Crippen LogP) is 3.07. The smallest absolute Gasteiger partial charge is 0.221 e. The van der Waals surface area contributed by atoms with Crippen LogP contribution < -0.4 is 15.8 Å². The lowest BCUT2D eigenvalue weighted by atomic mass is 10.0. The molecule has 0 saturated heterocycles. The molecule has 0 aliphatic carbocycles. The Morgan fingerprint density at radius 2 is 1.96 bits per heavy atom. The molecule has 2 aromatic rings. The lowest BCUT2D eigenvalue weighted by Crippen LogP contribution is -2.10. The minimum absolute atomic E-state index is 0.180. The topological polar surface area (TPSA) is 101 Å². The number of ether oxygens (including phenoxy) is 1.